The topological polar surface area (TPSA) is 51.5 Å². The van der Waals surface area contributed by atoms with Gasteiger partial charge >= 0.3 is 5.97 Å². The zero-order valence-corrected chi connectivity index (χ0v) is 22.4. The molecular formula is C31H34N2O3. The monoisotopic (exact) mass is 482 g/mol. The van der Waals surface area contributed by atoms with Crippen molar-refractivity contribution in [3.63, 3.8) is 0 Å². The lowest BCUT2D eigenvalue weighted by Crippen LogP contribution is -2.24. The van der Waals surface area contributed by atoms with Gasteiger partial charge in [0, 0.05) is 28.5 Å². The first kappa shape index (κ1) is 25.2. The van der Waals surface area contributed by atoms with Crippen molar-refractivity contribution >= 4 is 23.6 Å². The molecule has 0 aliphatic carbocycles. The van der Waals surface area contributed by atoms with Crippen molar-refractivity contribution in [3.8, 4) is 5.69 Å². The van der Waals surface area contributed by atoms with Gasteiger partial charge in [-0.2, -0.15) is 0 Å². The van der Waals surface area contributed by atoms with Gasteiger partial charge in [0.2, 0.25) is 0 Å². The minimum Gasteiger partial charge on any atom is -0.465 e. The molecule has 1 aliphatic rings. The van der Waals surface area contributed by atoms with Crippen LogP contribution in [0.15, 0.2) is 65.4 Å². The van der Waals surface area contributed by atoms with Crippen LogP contribution in [0.3, 0.4) is 0 Å². The highest BCUT2D eigenvalue weighted by Gasteiger charge is 2.38. The Morgan fingerprint density at radius 1 is 0.889 bits per heavy atom. The summed E-state index contributed by atoms with van der Waals surface area (Å²) in [6.07, 6.45) is 1.82. The van der Waals surface area contributed by atoms with Gasteiger partial charge in [-0.15, -0.1) is 0 Å². The van der Waals surface area contributed by atoms with Crippen molar-refractivity contribution < 1.29 is 14.3 Å². The number of anilines is 1. The lowest BCUT2D eigenvalue weighted by molar-refractivity contribution is -0.136. The second-order valence-corrected chi connectivity index (χ2v) is 9.90. The smallest absolute Gasteiger partial charge is 0.340 e. The second-order valence-electron chi connectivity index (χ2n) is 9.90. The number of ether oxygens (including phenoxy) is 1. The molecule has 0 saturated carbocycles. The van der Waals surface area contributed by atoms with Gasteiger partial charge in [-0.25, -0.2) is 4.79 Å². The third-order valence-corrected chi connectivity index (χ3v) is 6.84. The lowest BCUT2D eigenvalue weighted by Gasteiger charge is -2.19. The van der Waals surface area contributed by atoms with Crippen molar-refractivity contribution in [3.05, 3.63) is 99.0 Å². The Bertz CT molecular complexity index is 1400. The molecule has 3 aromatic rings. The summed E-state index contributed by atoms with van der Waals surface area (Å²) < 4.78 is 7.27. The number of benzene rings is 2. The maximum atomic E-state index is 13.7. The standard InChI is InChI=1S/C31H34N2O3/c1-18(2)24-9-11-26(12-10-24)33-23(7)29(31(35)36-8)28(30(33)34)17-25-16-21(5)32(22(25)6)27-14-19(3)13-20(4)15-27/h9-18H,1-8H3/b28-17-. The highest BCUT2D eigenvalue weighted by Crippen LogP contribution is 2.37. The summed E-state index contributed by atoms with van der Waals surface area (Å²) in [5, 5.41) is 0. The van der Waals surface area contributed by atoms with E-state index in [9.17, 15) is 9.59 Å². The van der Waals surface area contributed by atoms with Gasteiger partial charge in [-0.3, -0.25) is 9.69 Å². The van der Waals surface area contributed by atoms with Crippen LogP contribution in [-0.2, 0) is 14.3 Å². The van der Waals surface area contributed by atoms with E-state index in [2.05, 4.69) is 56.5 Å². The van der Waals surface area contributed by atoms with Crippen molar-refractivity contribution in [2.24, 2.45) is 0 Å². The van der Waals surface area contributed by atoms with Crippen LogP contribution < -0.4 is 4.90 Å². The molecule has 0 fully saturated rings. The van der Waals surface area contributed by atoms with E-state index in [-0.39, 0.29) is 5.91 Å². The maximum absolute atomic E-state index is 13.7. The molecule has 1 aromatic heterocycles. The first-order valence-corrected chi connectivity index (χ1v) is 12.3. The molecule has 5 nitrogen and oxygen atoms in total. The largest absolute Gasteiger partial charge is 0.465 e. The number of allylic oxidation sites excluding steroid dienone is 1. The Kier molecular flexibility index (Phi) is 6.77. The van der Waals surface area contributed by atoms with Crippen LogP contribution in [0.1, 0.15) is 60.3 Å². The Labute approximate surface area is 213 Å². The molecule has 186 valence electrons. The van der Waals surface area contributed by atoms with Crippen LogP contribution in [0.5, 0.6) is 0 Å². The van der Waals surface area contributed by atoms with Crippen molar-refractivity contribution in [2.45, 2.75) is 54.4 Å². The van der Waals surface area contributed by atoms with Crippen molar-refractivity contribution in [1.29, 1.82) is 0 Å². The number of methoxy groups -OCH3 is 1. The van der Waals surface area contributed by atoms with Gasteiger partial charge in [0.05, 0.1) is 18.3 Å². The first-order chi connectivity index (χ1) is 17.0. The normalized spacial score (nSPS) is 15.0. The molecule has 1 amide bonds. The molecule has 5 heteroatoms. The van der Waals surface area contributed by atoms with Gasteiger partial charge in [-0.05, 0) is 99.2 Å². The number of aryl methyl sites for hydroxylation is 3. The van der Waals surface area contributed by atoms with E-state index in [4.69, 9.17) is 4.74 Å². The highest BCUT2D eigenvalue weighted by atomic mass is 16.5. The minimum absolute atomic E-state index is 0.235. The number of carbonyl (C=O) groups excluding carboxylic acids is 2. The van der Waals surface area contributed by atoms with E-state index in [0.29, 0.717) is 22.8 Å². The van der Waals surface area contributed by atoms with E-state index in [1.54, 1.807) is 11.8 Å². The molecule has 0 N–H and O–H groups in total. The van der Waals surface area contributed by atoms with Gasteiger partial charge < -0.3 is 9.30 Å². The molecule has 0 spiro atoms. The van der Waals surface area contributed by atoms with Crippen LogP contribution >= 0.6 is 0 Å². The van der Waals surface area contributed by atoms with Crippen molar-refractivity contribution in [1.82, 2.24) is 4.57 Å². The Hall–Kier alpha value is -3.86. The van der Waals surface area contributed by atoms with Gasteiger partial charge in [-0.1, -0.05) is 32.0 Å². The van der Waals surface area contributed by atoms with E-state index >= 15 is 0 Å². The SMILES string of the molecule is COC(=O)C1=C(C)N(c2ccc(C(C)C)cc2)C(=O)/C1=C\c1cc(C)n(-c2cc(C)cc(C)c2)c1C. The average molecular weight is 483 g/mol. The van der Waals surface area contributed by atoms with Crippen molar-refractivity contribution in [2.75, 3.05) is 12.0 Å². The fourth-order valence-electron chi connectivity index (χ4n) is 5.07. The highest BCUT2D eigenvalue weighted by molar-refractivity contribution is 6.23. The van der Waals surface area contributed by atoms with E-state index in [1.807, 2.05) is 44.2 Å². The zero-order valence-electron chi connectivity index (χ0n) is 22.4. The summed E-state index contributed by atoms with van der Waals surface area (Å²) in [4.78, 5) is 28.2. The average Bonchev–Trinajstić information content (AvgIpc) is 3.23. The maximum Gasteiger partial charge on any atom is 0.340 e. The van der Waals surface area contributed by atoms with Gasteiger partial charge in [0.1, 0.15) is 0 Å². The number of carbonyl (C=O) groups is 2. The molecule has 0 saturated heterocycles. The molecule has 36 heavy (non-hydrogen) atoms. The van der Waals surface area contributed by atoms with E-state index in [1.165, 1.54) is 23.8 Å². The number of aromatic nitrogens is 1. The fourth-order valence-corrected chi connectivity index (χ4v) is 5.07. The zero-order chi connectivity index (χ0) is 26.3. The lowest BCUT2D eigenvalue weighted by atomic mass is 10.0. The Morgan fingerprint density at radius 3 is 2.06 bits per heavy atom. The molecule has 1 aliphatic heterocycles. The molecule has 0 bridgehead atoms. The number of nitrogens with zero attached hydrogens (tertiary/aromatic N) is 2. The van der Waals surface area contributed by atoms with Crippen LogP contribution in [-0.4, -0.2) is 23.6 Å². The number of hydrogen-bond donors (Lipinski definition) is 0. The summed E-state index contributed by atoms with van der Waals surface area (Å²) in [5.41, 5.74) is 9.52. The number of rotatable bonds is 5. The fraction of sp³-hybridized carbons (Fsp3) is 0.290. The van der Waals surface area contributed by atoms with Crippen LogP contribution in [0, 0.1) is 27.7 Å². The summed E-state index contributed by atoms with van der Waals surface area (Å²) in [6.45, 7) is 14.3. The van der Waals surface area contributed by atoms with Crippen LogP contribution in [0.25, 0.3) is 11.8 Å². The number of esters is 1. The Morgan fingerprint density at radius 2 is 1.50 bits per heavy atom. The quantitative estimate of drug-likeness (QED) is 0.300. The van der Waals surface area contributed by atoms with E-state index in [0.717, 1.165) is 28.3 Å². The molecule has 0 radical (unpaired) electrons. The second kappa shape index (κ2) is 9.65. The number of hydrogen-bond acceptors (Lipinski definition) is 3. The van der Waals surface area contributed by atoms with Gasteiger partial charge in [0.25, 0.3) is 5.91 Å². The van der Waals surface area contributed by atoms with E-state index < -0.39 is 5.97 Å². The third-order valence-electron chi connectivity index (χ3n) is 6.84. The summed E-state index contributed by atoms with van der Waals surface area (Å²) >= 11 is 0. The predicted molar refractivity (Wildman–Crippen MR) is 145 cm³/mol. The molecular weight excluding hydrogens is 448 g/mol. The number of amides is 1. The molecule has 2 aromatic carbocycles. The predicted octanol–water partition coefficient (Wildman–Crippen LogP) is 6.71. The molecule has 0 unspecified atom stereocenters. The minimum atomic E-state index is -0.517. The van der Waals surface area contributed by atoms with Gasteiger partial charge in [0.15, 0.2) is 0 Å². The molecule has 0 atom stereocenters. The summed E-state index contributed by atoms with van der Waals surface area (Å²) in [7, 11) is 1.34. The third kappa shape index (κ3) is 4.41. The first-order valence-electron chi connectivity index (χ1n) is 12.3. The summed E-state index contributed by atoms with van der Waals surface area (Å²) in [5.74, 6) is -0.364. The van der Waals surface area contributed by atoms with Crippen LogP contribution in [0.4, 0.5) is 5.69 Å². The van der Waals surface area contributed by atoms with Crippen LogP contribution in [0.2, 0.25) is 0 Å². The summed E-state index contributed by atoms with van der Waals surface area (Å²) in [6, 6.07) is 16.4. The molecule has 4 rings (SSSR count). The molecule has 2 heterocycles. The Balaban J connectivity index is 1.83.